The van der Waals surface area contributed by atoms with Crippen molar-refractivity contribution in [3.8, 4) is 5.69 Å². The van der Waals surface area contributed by atoms with Gasteiger partial charge in [0, 0.05) is 12.6 Å². The average Bonchev–Trinajstić information content (AvgIpc) is 3.11. The van der Waals surface area contributed by atoms with Gasteiger partial charge in [-0.15, -0.1) is 0 Å². The molecule has 1 atom stereocenters. The minimum absolute atomic E-state index is 0.120. The highest BCUT2D eigenvalue weighted by Crippen LogP contribution is 2.42. The molecule has 5 heteroatoms. The lowest BCUT2D eigenvalue weighted by Crippen LogP contribution is -2.35. The van der Waals surface area contributed by atoms with Crippen LogP contribution < -0.4 is 0 Å². The van der Waals surface area contributed by atoms with Crippen LogP contribution in [0.4, 0.5) is 10.2 Å². The minimum atomic E-state index is -0.291. The fraction of sp³-hybridized carbons (Fsp3) is 0.120. The summed E-state index contributed by atoms with van der Waals surface area (Å²) in [5.74, 6) is 1.04. The Kier molecular flexibility index (Phi) is 4.43. The quantitative estimate of drug-likeness (QED) is 0.462. The third-order valence-electron chi connectivity index (χ3n) is 5.52. The number of fused-ring (bicyclic) bond motifs is 1. The smallest absolute Gasteiger partial charge is 0.163 e. The van der Waals surface area contributed by atoms with Crippen LogP contribution in [0, 0.1) is 12.7 Å². The molecule has 0 spiro atoms. The van der Waals surface area contributed by atoms with Crippen LogP contribution in [-0.4, -0.2) is 27.6 Å². The summed E-state index contributed by atoms with van der Waals surface area (Å²) in [5.41, 5.74) is 4.46. The van der Waals surface area contributed by atoms with Gasteiger partial charge in [0.25, 0.3) is 0 Å². The molecule has 1 aliphatic heterocycles. The summed E-state index contributed by atoms with van der Waals surface area (Å²) in [7, 11) is 1.96. The van der Waals surface area contributed by atoms with Crippen LogP contribution in [-0.2, 0) is 0 Å². The van der Waals surface area contributed by atoms with E-state index in [9.17, 15) is 4.39 Å². The molecule has 30 heavy (non-hydrogen) atoms. The molecule has 0 amide bonds. The monoisotopic (exact) mass is 396 g/mol. The predicted octanol–water partition coefficient (Wildman–Crippen LogP) is 5.43. The van der Waals surface area contributed by atoms with Gasteiger partial charge < -0.3 is 4.90 Å². The molecular weight excluding hydrogens is 375 g/mol. The largest absolute Gasteiger partial charge is 0.348 e. The number of nitrogens with zero attached hydrogens (tertiary/aromatic N) is 4. The third-order valence-corrected chi connectivity index (χ3v) is 5.52. The number of para-hydroxylation sites is 1. The molecule has 0 saturated carbocycles. The standard InChI is InChI=1S/C25H21FN4/c1-17-22-23(18-11-5-3-6-12-18)29(2)24(20-15-9-10-16-21(20)26)27-25(22)30(28-17)19-13-7-4-8-14-19/h3-16,23H,1-2H3. The van der Waals surface area contributed by atoms with Gasteiger partial charge in [-0.25, -0.2) is 14.1 Å². The highest BCUT2D eigenvalue weighted by atomic mass is 19.1. The van der Waals surface area contributed by atoms with Gasteiger partial charge in [-0.2, -0.15) is 5.10 Å². The first kappa shape index (κ1) is 18.3. The Bertz CT molecular complexity index is 1230. The summed E-state index contributed by atoms with van der Waals surface area (Å²) in [6.45, 7) is 2.01. The van der Waals surface area contributed by atoms with Crippen LogP contribution in [0.3, 0.4) is 0 Å². The highest BCUT2D eigenvalue weighted by molar-refractivity contribution is 6.02. The van der Waals surface area contributed by atoms with Crippen molar-refractivity contribution in [3.05, 3.63) is 113 Å². The van der Waals surface area contributed by atoms with E-state index in [1.165, 1.54) is 6.07 Å². The van der Waals surface area contributed by atoms with Crippen molar-refractivity contribution in [2.24, 2.45) is 4.99 Å². The topological polar surface area (TPSA) is 33.4 Å². The molecule has 0 saturated heterocycles. The summed E-state index contributed by atoms with van der Waals surface area (Å²) in [6, 6.07) is 26.8. The predicted molar refractivity (Wildman–Crippen MR) is 117 cm³/mol. The molecule has 0 bridgehead atoms. The van der Waals surface area contributed by atoms with Gasteiger partial charge in [0.2, 0.25) is 0 Å². The summed E-state index contributed by atoms with van der Waals surface area (Å²) < 4.78 is 16.6. The van der Waals surface area contributed by atoms with Gasteiger partial charge in [-0.3, -0.25) is 0 Å². The van der Waals surface area contributed by atoms with E-state index in [0.717, 1.165) is 28.3 Å². The normalized spacial score (nSPS) is 15.6. The molecule has 2 heterocycles. The van der Waals surface area contributed by atoms with Crippen molar-refractivity contribution in [2.45, 2.75) is 13.0 Å². The number of benzene rings is 3. The number of rotatable bonds is 3. The highest BCUT2D eigenvalue weighted by Gasteiger charge is 2.35. The molecule has 1 aromatic heterocycles. The Hall–Kier alpha value is -3.73. The van der Waals surface area contributed by atoms with Crippen molar-refractivity contribution < 1.29 is 4.39 Å². The molecule has 4 nitrogen and oxygen atoms in total. The second-order valence-electron chi connectivity index (χ2n) is 7.41. The number of hydrogen-bond donors (Lipinski definition) is 0. The summed E-state index contributed by atoms with van der Waals surface area (Å²) >= 11 is 0. The van der Waals surface area contributed by atoms with E-state index in [2.05, 4.69) is 12.1 Å². The van der Waals surface area contributed by atoms with E-state index in [-0.39, 0.29) is 11.9 Å². The van der Waals surface area contributed by atoms with E-state index in [1.54, 1.807) is 12.1 Å². The molecule has 148 valence electrons. The van der Waals surface area contributed by atoms with Gasteiger partial charge in [0.1, 0.15) is 11.7 Å². The second kappa shape index (κ2) is 7.26. The summed E-state index contributed by atoms with van der Waals surface area (Å²) in [5, 5.41) is 4.81. The Morgan fingerprint density at radius 1 is 0.833 bits per heavy atom. The van der Waals surface area contributed by atoms with Crippen LogP contribution in [0.15, 0.2) is 89.9 Å². The molecular formula is C25H21FN4. The fourth-order valence-corrected chi connectivity index (χ4v) is 4.12. The number of hydrogen-bond acceptors (Lipinski definition) is 3. The van der Waals surface area contributed by atoms with Crippen LogP contribution >= 0.6 is 0 Å². The number of halogens is 1. The van der Waals surface area contributed by atoms with Crippen molar-refractivity contribution in [3.63, 3.8) is 0 Å². The zero-order valence-corrected chi connectivity index (χ0v) is 16.8. The van der Waals surface area contributed by atoms with Crippen LogP contribution in [0.5, 0.6) is 0 Å². The van der Waals surface area contributed by atoms with Gasteiger partial charge in [0.15, 0.2) is 5.82 Å². The maximum absolute atomic E-state index is 14.8. The van der Waals surface area contributed by atoms with Crippen molar-refractivity contribution in [1.29, 1.82) is 0 Å². The zero-order chi connectivity index (χ0) is 20.7. The molecule has 4 aromatic rings. The van der Waals surface area contributed by atoms with E-state index < -0.39 is 0 Å². The Labute approximate surface area is 174 Å². The lowest BCUT2D eigenvalue weighted by atomic mass is 9.94. The maximum atomic E-state index is 14.8. The number of aliphatic imine (C=N–C) groups is 1. The molecule has 1 unspecified atom stereocenters. The lowest BCUT2D eigenvalue weighted by molar-refractivity contribution is 0.418. The van der Waals surface area contributed by atoms with E-state index in [1.807, 2.05) is 78.2 Å². The first-order valence-electron chi connectivity index (χ1n) is 9.91. The van der Waals surface area contributed by atoms with Gasteiger partial charge in [-0.05, 0) is 36.8 Å². The lowest BCUT2D eigenvalue weighted by Gasteiger charge is -2.35. The zero-order valence-electron chi connectivity index (χ0n) is 16.8. The van der Waals surface area contributed by atoms with Crippen molar-refractivity contribution >= 4 is 11.7 Å². The molecule has 0 aliphatic carbocycles. The molecule has 0 fully saturated rings. The first-order valence-corrected chi connectivity index (χ1v) is 9.91. The number of aryl methyl sites for hydroxylation is 1. The van der Waals surface area contributed by atoms with E-state index in [0.29, 0.717) is 11.4 Å². The Balaban J connectivity index is 1.79. The van der Waals surface area contributed by atoms with Gasteiger partial charge in [0.05, 0.1) is 23.0 Å². The molecule has 0 N–H and O–H groups in total. The molecule has 1 aliphatic rings. The third kappa shape index (κ3) is 2.90. The van der Waals surface area contributed by atoms with Crippen LogP contribution in [0.2, 0.25) is 0 Å². The van der Waals surface area contributed by atoms with Crippen molar-refractivity contribution in [1.82, 2.24) is 14.7 Å². The fourth-order valence-electron chi connectivity index (χ4n) is 4.12. The Morgan fingerprint density at radius 2 is 1.47 bits per heavy atom. The van der Waals surface area contributed by atoms with Gasteiger partial charge >= 0.3 is 0 Å². The second-order valence-corrected chi connectivity index (χ2v) is 7.41. The molecule has 0 radical (unpaired) electrons. The van der Waals surface area contributed by atoms with E-state index in [4.69, 9.17) is 10.1 Å². The minimum Gasteiger partial charge on any atom is -0.348 e. The average molecular weight is 396 g/mol. The molecule has 3 aromatic carbocycles. The van der Waals surface area contributed by atoms with Crippen LogP contribution in [0.25, 0.3) is 5.69 Å². The molecule has 5 rings (SSSR count). The van der Waals surface area contributed by atoms with Crippen LogP contribution in [0.1, 0.15) is 28.4 Å². The number of amidine groups is 1. The van der Waals surface area contributed by atoms with E-state index >= 15 is 0 Å². The summed E-state index contributed by atoms with van der Waals surface area (Å²) in [6.07, 6.45) is 0. The maximum Gasteiger partial charge on any atom is 0.163 e. The number of aromatic nitrogens is 2. The first-order chi connectivity index (χ1) is 14.6. The van der Waals surface area contributed by atoms with Crippen molar-refractivity contribution in [2.75, 3.05) is 7.05 Å². The SMILES string of the molecule is Cc1nn(-c2ccccc2)c2c1C(c1ccccc1)N(C)C(c1ccccc1F)=N2. The van der Waals surface area contributed by atoms with Gasteiger partial charge in [-0.1, -0.05) is 60.7 Å². The Morgan fingerprint density at radius 3 is 2.17 bits per heavy atom. The summed E-state index contributed by atoms with van der Waals surface area (Å²) in [4.78, 5) is 6.98.